The second-order valence-corrected chi connectivity index (χ2v) is 5.37. The molecule has 2 N–H and O–H groups in total. The average Bonchev–Trinajstić information content (AvgIpc) is 2.84. The summed E-state index contributed by atoms with van der Waals surface area (Å²) >= 11 is 0. The van der Waals surface area contributed by atoms with Gasteiger partial charge in [-0.1, -0.05) is 25.5 Å². The molecule has 2 heteroatoms. The number of hydrogen-bond donors (Lipinski definition) is 1. The van der Waals surface area contributed by atoms with Crippen molar-refractivity contribution >= 4 is 5.69 Å². The van der Waals surface area contributed by atoms with E-state index in [1.54, 1.807) is 0 Å². The van der Waals surface area contributed by atoms with Crippen molar-refractivity contribution in [1.29, 1.82) is 0 Å². The smallest absolute Gasteiger partial charge is 0.0363 e. The standard InChI is InChI=1S/C14H20N2/c1-10-4-2-7-14(10)16-8-11-5-3-6-13(15)12(11)9-16/h3,5-6,10,14H,2,4,7-9,15H2,1H3. The minimum Gasteiger partial charge on any atom is -0.398 e. The monoisotopic (exact) mass is 216 g/mol. The van der Waals surface area contributed by atoms with Crippen molar-refractivity contribution in [3.63, 3.8) is 0 Å². The van der Waals surface area contributed by atoms with Crippen LogP contribution < -0.4 is 5.73 Å². The zero-order chi connectivity index (χ0) is 11.1. The molecule has 0 bridgehead atoms. The van der Waals surface area contributed by atoms with E-state index in [1.165, 1.54) is 30.4 Å². The number of nitrogen functional groups attached to an aromatic ring is 1. The highest BCUT2D eigenvalue weighted by atomic mass is 15.2. The number of hydrogen-bond acceptors (Lipinski definition) is 2. The van der Waals surface area contributed by atoms with E-state index >= 15 is 0 Å². The first-order valence-electron chi connectivity index (χ1n) is 6.36. The summed E-state index contributed by atoms with van der Waals surface area (Å²) in [7, 11) is 0. The maximum Gasteiger partial charge on any atom is 0.0363 e. The number of nitrogens with zero attached hydrogens (tertiary/aromatic N) is 1. The van der Waals surface area contributed by atoms with Gasteiger partial charge in [-0.05, 0) is 36.0 Å². The van der Waals surface area contributed by atoms with Gasteiger partial charge in [-0.25, -0.2) is 0 Å². The molecule has 0 aromatic heterocycles. The molecule has 0 radical (unpaired) electrons. The van der Waals surface area contributed by atoms with Crippen LogP contribution in [0, 0.1) is 5.92 Å². The first kappa shape index (κ1) is 10.2. The lowest BCUT2D eigenvalue weighted by Crippen LogP contribution is -2.32. The van der Waals surface area contributed by atoms with Crippen LogP contribution in [0.15, 0.2) is 18.2 Å². The molecule has 3 rings (SSSR count). The van der Waals surface area contributed by atoms with Gasteiger partial charge >= 0.3 is 0 Å². The normalized spacial score (nSPS) is 29.6. The van der Waals surface area contributed by atoms with Crippen molar-refractivity contribution in [2.75, 3.05) is 5.73 Å². The molecule has 16 heavy (non-hydrogen) atoms. The molecule has 1 aliphatic heterocycles. The van der Waals surface area contributed by atoms with Gasteiger partial charge in [-0.3, -0.25) is 4.90 Å². The second-order valence-electron chi connectivity index (χ2n) is 5.37. The summed E-state index contributed by atoms with van der Waals surface area (Å²) in [5.41, 5.74) is 9.84. The van der Waals surface area contributed by atoms with E-state index in [-0.39, 0.29) is 0 Å². The maximum absolute atomic E-state index is 6.04. The number of rotatable bonds is 1. The van der Waals surface area contributed by atoms with Crippen LogP contribution in [-0.4, -0.2) is 10.9 Å². The van der Waals surface area contributed by atoms with Crippen molar-refractivity contribution in [2.45, 2.75) is 45.3 Å². The van der Waals surface area contributed by atoms with Gasteiger partial charge in [0.2, 0.25) is 0 Å². The Labute approximate surface area is 97.4 Å². The van der Waals surface area contributed by atoms with Crippen LogP contribution in [0.5, 0.6) is 0 Å². The Hall–Kier alpha value is -1.02. The van der Waals surface area contributed by atoms with Gasteiger partial charge in [0, 0.05) is 24.8 Å². The van der Waals surface area contributed by atoms with Crippen LogP contribution in [0.2, 0.25) is 0 Å². The number of fused-ring (bicyclic) bond motifs is 1. The Morgan fingerprint density at radius 1 is 1.25 bits per heavy atom. The largest absolute Gasteiger partial charge is 0.398 e. The minimum atomic E-state index is 0.784. The summed E-state index contributed by atoms with van der Waals surface area (Å²) in [5, 5.41) is 0. The van der Waals surface area contributed by atoms with Crippen LogP contribution in [0.3, 0.4) is 0 Å². The van der Waals surface area contributed by atoms with Crippen LogP contribution in [-0.2, 0) is 13.1 Å². The van der Waals surface area contributed by atoms with Gasteiger partial charge in [-0.15, -0.1) is 0 Å². The third-order valence-electron chi connectivity index (χ3n) is 4.33. The first-order chi connectivity index (χ1) is 7.75. The van der Waals surface area contributed by atoms with E-state index < -0.39 is 0 Å². The summed E-state index contributed by atoms with van der Waals surface area (Å²) in [6.45, 7) is 4.57. The Kier molecular flexibility index (Phi) is 2.40. The van der Waals surface area contributed by atoms with Crippen molar-refractivity contribution < 1.29 is 0 Å². The van der Waals surface area contributed by atoms with E-state index in [4.69, 9.17) is 5.73 Å². The van der Waals surface area contributed by atoms with Crippen molar-refractivity contribution in [2.24, 2.45) is 5.92 Å². The lowest BCUT2D eigenvalue weighted by atomic mass is 10.1. The molecule has 1 heterocycles. The minimum absolute atomic E-state index is 0.784. The van der Waals surface area contributed by atoms with Crippen LogP contribution >= 0.6 is 0 Å². The molecule has 1 aliphatic carbocycles. The molecular weight excluding hydrogens is 196 g/mol. The van der Waals surface area contributed by atoms with Gasteiger partial charge in [0.05, 0.1) is 0 Å². The molecule has 86 valence electrons. The Bertz CT molecular complexity index is 400. The van der Waals surface area contributed by atoms with Gasteiger partial charge in [0.15, 0.2) is 0 Å². The van der Waals surface area contributed by atoms with Crippen LogP contribution in [0.1, 0.15) is 37.3 Å². The Morgan fingerprint density at radius 2 is 2.12 bits per heavy atom. The summed E-state index contributed by atoms with van der Waals surface area (Å²) in [5.74, 6) is 0.857. The van der Waals surface area contributed by atoms with Crippen molar-refractivity contribution in [3.05, 3.63) is 29.3 Å². The SMILES string of the molecule is CC1CCCC1N1Cc2cccc(N)c2C1. The lowest BCUT2D eigenvalue weighted by molar-refractivity contribution is 0.167. The lowest BCUT2D eigenvalue weighted by Gasteiger charge is -2.27. The maximum atomic E-state index is 6.04. The van der Waals surface area contributed by atoms with E-state index in [0.29, 0.717) is 0 Å². The fraction of sp³-hybridized carbons (Fsp3) is 0.571. The van der Waals surface area contributed by atoms with Crippen molar-refractivity contribution in [1.82, 2.24) is 4.90 Å². The topological polar surface area (TPSA) is 29.3 Å². The molecule has 0 saturated heterocycles. The van der Waals surface area contributed by atoms with Gasteiger partial charge < -0.3 is 5.73 Å². The van der Waals surface area contributed by atoms with Gasteiger partial charge in [-0.2, -0.15) is 0 Å². The predicted octanol–water partition coefficient (Wildman–Crippen LogP) is 2.77. The molecule has 1 fully saturated rings. The van der Waals surface area contributed by atoms with Crippen LogP contribution in [0.25, 0.3) is 0 Å². The van der Waals surface area contributed by atoms with Gasteiger partial charge in [0.1, 0.15) is 0 Å². The highest BCUT2D eigenvalue weighted by molar-refractivity contribution is 5.52. The molecule has 1 aromatic carbocycles. The Morgan fingerprint density at radius 3 is 2.81 bits per heavy atom. The molecule has 2 nitrogen and oxygen atoms in total. The third-order valence-corrected chi connectivity index (χ3v) is 4.33. The third kappa shape index (κ3) is 1.52. The molecular formula is C14H20N2. The number of nitrogens with two attached hydrogens (primary N) is 1. The van der Waals surface area contributed by atoms with Gasteiger partial charge in [0.25, 0.3) is 0 Å². The van der Waals surface area contributed by atoms with E-state index in [9.17, 15) is 0 Å². The quantitative estimate of drug-likeness (QED) is 0.731. The highest BCUT2D eigenvalue weighted by Gasteiger charge is 2.32. The molecule has 1 saturated carbocycles. The summed E-state index contributed by atoms with van der Waals surface area (Å²) in [6.07, 6.45) is 4.16. The average molecular weight is 216 g/mol. The fourth-order valence-corrected chi connectivity index (χ4v) is 3.38. The van der Waals surface area contributed by atoms with Crippen molar-refractivity contribution in [3.8, 4) is 0 Å². The van der Waals surface area contributed by atoms with E-state index in [2.05, 4.69) is 24.0 Å². The molecule has 2 unspecified atom stereocenters. The summed E-state index contributed by atoms with van der Waals surface area (Å²) in [4.78, 5) is 2.62. The molecule has 1 aromatic rings. The second kappa shape index (κ2) is 3.77. The molecule has 0 amide bonds. The van der Waals surface area contributed by atoms with E-state index in [1.807, 2.05) is 6.07 Å². The highest BCUT2D eigenvalue weighted by Crippen LogP contribution is 2.36. The Balaban J connectivity index is 1.82. The first-order valence-corrected chi connectivity index (χ1v) is 6.36. The zero-order valence-electron chi connectivity index (χ0n) is 9.95. The molecule has 2 atom stereocenters. The number of benzene rings is 1. The van der Waals surface area contributed by atoms with Crippen LogP contribution in [0.4, 0.5) is 5.69 Å². The zero-order valence-corrected chi connectivity index (χ0v) is 9.95. The van der Waals surface area contributed by atoms with E-state index in [0.717, 1.165) is 30.7 Å². The molecule has 0 spiro atoms. The fourth-order valence-electron chi connectivity index (χ4n) is 3.38. The molecule has 2 aliphatic rings. The summed E-state index contributed by atoms with van der Waals surface area (Å²) in [6, 6.07) is 7.12. The predicted molar refractivity (Wildman–Crippen MR) is 66.9 cm³/mol. The number of anilines is 1. The summed E-state index contributed by atoms with van der Waals surface area (Å²) < 4.78 is 0.